The molecule has 0 atom stereocenters. The molecule has 0 aliphatic carbocycles. The molecule has 0 aliphatic rings. The summed E-state index contributed by atoms with van der Waals surface area (Å²) in [6, 6.07) is 23.2. The molecule has 138 valence electrons. The largest absolute Gasteiger partial charge is 0.497 e. The summed E-state index contributed by atoms with van der Waals surface area (Å²) in [5.41, 5.74) is 9.03. The van der Waals surface area contributed by atoms with Crippen molar-refractivity contribution in [3.63, 3.8) is 0 Å². The van der Waals surface area contributed by atoms with Gasteiger partial charge in [-0.05, 0) is 71.4 Å². The SMILES string of the molecule is CC(C)=COCc1cc(-c2ccc(-c3ccccc3)cc2C)ccc1CO. The highest BCUT2D eigenvalue weighted by atomic mass is 16.5. The predicted molar refractivity (Wildman–Crippen MR) is 112 cm³/mol. The van der Waals surface area contributed by atoms with Crippen LogP contribution in [0.2, 0.25) is 0 Å². The molecule has 3 aromatic carbocycles. The molecule has 0 spiro atoms. The molecule has 0 radical (unpaired) electrons. The van der Waals surface area contributed by atoms with E-state index in [1.807, 2.05) is 26.0 Å². The van der Waals surface area contributed by atoms with Crippen molar-refractivity contribution in [3.8, 4) is 22.3 Å². The third-order valence-corrected chi connectivity index (χ3v) is 4.58. The van der Waals surface area contributed by atoms with Crippen LogP contribution in [-0.2, 0) is 18.0 Å². The fraction of sp³-hybridized carbons (Fsp3) is 0.200. The average Bonchev–Trinajstić information content (AvgIpc) is 2.68. The number of ether oxygens (including phenoxy) is 1. The average molecular weight is 358 g/mol. The Balaban J connectivity index is 1.92. The van der Waals surface area contributed by atoms with Gasteiger partial charge in [0.15, 0.2) is 0 Å². The highest BCUT2D eigenvalue weighted by Crippen LogP contribution is 2.30. The van der Waals surface area contributed by atoms with Gasteiger partial charge in [-0.3, -0.25) is 0 Å². The molecule has 1 N–H and O–H groups in total. The molecule has 0 saturated heterocycles. The molecule has 0 aromatic heterocycles. The molecule has 0 amide bonds. The summed E-state index contributed by atoms with van der Waals surface area (Å²) < 4.78 is 5.65. The topological polar surface area (TPSA) is 29.5 Å². The molecule has 0 bridgehead atoms. The minimum atomic E-state index is 0.0136. The molecule has 2 heteroatoms. The second kappa shape index (κ2) is 8.70. The Morgan fingerprint density at radius 3 is 2.26 bits per heavy atom. The van der Waals surface area contributed by atoms with Gasteiger partial charge in [0.25, 0.3) is 0 Å². The number of benzene rings is 3. The zero-order chi connectivity index (χ0) is 19.2. The van der Waals surface area contributed by atoms with Crippen molar-refractivity contribution in [3.05, 3.63) is 95.3 Å². The maximum absolute atomic E-state index is 9.63. The van der Waals surface area contributed by atoms with Crippen LogP contribution < -0.4 is 0 Å². The minimum absolute atomic E-state index is 0.0136. The smallest absolute Gasteiger partial charge is 0.113 e. The molecule has 2 nitrogen and oxygen atoms in total. The van der Waals surface area contributed by atoms with Crippen molar-refractivity contribution >= 4 is 0 Å². The van der Waals surface area contributed by atoms with Gasteiger partial charge in [-0.1, -0.05) is 60.7 Å². The normalized spacial score (nSPS) is 10.5. The van der Waals surface area contributed by atoms with Gasteiger partial charge in [0.05, 0.1) is 12.9 Å². The molecule has 0 heterocycles. The molecule has 0 aliphatic heterocycles. The van der Waals surface area contributed by atoms with Crippen molar-refractivity contribution in [1.29, 1.82) is 0 Å². The number of hydrogen-bond donors (Lipinski definition) is 1. The summed E-state index contributed by atoms with van der Waals surface area (Å²) in [4.78, 5) is 0. The Kier molecular flexibility index (Phi) is 6.10. The molecular weight excluding hydrogens is 332 g/mol. The van der Waals surface area contributed by atoms with E-state index in [9.17, 15) is 5.11 Å². The summed E-state index contributed by atoms with van der Waals surface area (Å²) in [6.45, 7) is 6.61. The lowest BCUT2D eigenvalue weighted by Gasteiger charge is -2.13. The second-order valence-electron chi connectivity index (χ2n) is 7.04. The molecule has 27 heavy (non-hydrogen) atoms. The summed E-state index contributed by atoms with van der Waals surface area (Å²) in [6.07, 6.45) is 1.76. The third kappa shape index (κ3) is 4.66. The Hall–Kier alpha value is -2.84. The molecule has 3 aromatic rings. The second-order valence-corrected chi connectivity index (χ2v) is 7.04. The van der Waals surface area contributed by atoms with Crippen LogP contribution in [-0.4, -0.2) is 5.11 Å². The zero-order valence-corrected chi connectivity index (χ0v) is 16.2. The lowest BCUT2D eigenvalue weighted by Crippen LogP contribution is -1.97. The van der Waals surface area contributed by atoms with E-state index >= 15 is 0 Å². The first kappa shape index (κ1) is 18.9. The van der Waals surface area contributed by atoms with E-state index < -0.39 is 0 Å². The molecule has 0 fully saturated rings. The van der Waals surface area contributed by atoms with Crippen LogP contribution in [0.4, 0.5) is 0 Å². The molecule has 3 rings (SSSR count). The van der Waals surface area contributed by atoms with Crippen molar-refractivity contribution in [1.82, 2.24) is 0 Å². The molecule has 0 unspecified atom stereocenters. The van der Waals surface area contributed by atoms with Crippen molar-refractivity contribution in [2.45, 2.75) is 34.0 Å². The van der Waals surface area contributed by atoms with Gasteiger partial charge >= 0.3 is 0 Å². The minimum Gasteiger partial charge on any atom is -0.497 e. The van der Waals surface area contributed by atoms with Crippen LogP contribution in [0.3, 0.4) is 0 Å². The van der Waals surface area contributed by atoms with Crippen LogP contribution in [0.25, 0.3) is 22.3 Å². The summed E-state index contributed by atoms with van der Waals surface area (Å²) in [7, 11) is 0. The fourth-order valence-electron chi connectivity index (χ4n) is 3.18. The first-order chi connectivity index (χ1) is 13.1. The van der Waals surface area contributed by atoms with E-state index in [0.29, 0.717) is 6.61 Å². The van der Waals surface area contributed by atoms with Gasteiger partial charge in [0.1, 0.15) is 6.61 Å². The quantitative estimate of drug-likeness (QED) is 0.527. The number of allylic oxidation sites excluding steroid dienone is 1. The monoisotopic (exact) mass is 358 g/mol. The number of rotatable bonds is 6. The van der Waals surface area contributed by atoms with E-state index in [1.54, 1.807) is 6.26 Å². The maximum atomic E-state index is 9.63. The van der Waals surface area contributed by atoms with Crippen LogP contribution in [0.5, 0.6) is 0 Å². The van der Waals surface area contributed by atoms with Gasteiger partial charge in [0, 0.05) is 0 Å². The lowest BCUT2D eigenvalue weighted by molar-refractivity contribution is 0.226. The summed E-state index contributed by atoms with van der Waals surface area (Å²) in [5, 5.41) is 9.63. The third-order valence-electron chi connectivity index (χ3n) is 4.58. The molecule has 0 saturated carbocycles. The first-order valence-electron chi connectivity index (χ1n) is 9.22. The van der Waals surface area contributed by atoms with E-state index in [4.69, 9.17) is 4.74 Å². The Morgan fingerprint density at radius 1 is 0.852 bits per heavy atom. The van der Waals surface area contributed by atoms with Crippen molar-refractivity contribution < 1.29 is 9.84 Å². The van der Waals surface area contributed by atoms with Gasteiger partial charge in [-0.2, -0.15) is 0 Å². The van der Waals surface area contributed by atoms with Gasteiger partial charge in [-0.15, -0.1) is 0 Å². The Labute approximate surface area is 161 Å². The summed E-state index contributed by atoms with van der Waals surface area (Å²) in [5.74, 6) is 0. The van der Waals surface area contributed by atoms with Gasteiger partial charge in [-0.25, -0.2) is 0 Å². The Bertz CT molecular complexity index is 936. The van der Waals surface area contributed by atoms with E-state index in [2.05, 4.69) is 61.5 Å². The number of hydrogen-bond acceptors (Lipinski definition) is 2. The van der Waals surface area contributed by atoms with Crippen molar-refractivity contribution in [2.75, 3.05) is 0 Å². The van der Waals surface area contributed by atoms with Crippen LogP contribution in [0.15, 0.2) is 78.6 Å². The summed E-state index contributed by atoms with van der Waals surface area (Å²) >= 11 is 0. The van der Waals surface area contributed by atoms with E-state index in [-0.39, 0.29) is 6.61 Å². The predicted octanol–water partition coefficient (Wildman–Crippen LogP) is 6.26. The fourth-order valence-corrected chi connectivity index (χ4v) is 3.18. The van der Waals surface area contributed by atoms with Gasteiger partial charge in [0.2, 0.25) is 0 Å². The number of aliphatic hydroxyl groups excluding tert-OH is 1. The highest BCUT2D eigenvalue weighted by Gasteiger charge is 2.09. The van der Waals surface area contributed by atoms with Crippen LogP contribution >= 0.6 is 0 Å². The van der Waals surface area contributed by atoms with Crippen LogP contribution in [0.1, 0.15) is 30.5 Å². The van der Waals surface area contributed by atoms with Gasteiger partial charge < -0.3 is 9.84 Å². The first-order valence-corrected chi connectivity index (χ1v) is 9.22. The number of aryl methyl sites for hydroxylation is 1. The maximum Gasteiger partial charge on any atom is 0.113 e. The van der Waals surface area contributed by atoms with E-state index in [1.165, 1.54) is 22.3 Å². The standard InChI is InChI=1S/C25H26O2/c1-18(2)16-27-17-24-14-22(9-10-23(24)15-26)25-12-11-21(13-19(25)3)20-7-5-4-6-8-20/h4-14,16,26H,15,17H2,1-3H3. The van der Waals surface area contributed by atoms with Crippen molar-refractivity contribution in [2.24, 2.45) is 0 Å². The Morgan fingerprint density at radius 2 is 1.59 bits per heavy atom. The van der Waals surface area contributed by atoms with E-state index in [0.717, 1.165) is 22.3 Å². The van der Waals surface area contributed by atoms with Crippen LogP contribution in [0, 0.1) is 6.92 Å². The number of aliphatic hydroxyl groups is 1. The highest BCUT2D eigenvalue weighted by molar-refractivity contribution is 5.74. The molecular formula is C25H26O2. The lowest BCUT2D eigenvalue weighted by atomic mass is 9.94. The zero-order valence-electron chi connectivity index (χ0n) is 16.2.